The van der Waals surface area contributed by atoms with E-state index in [1.54, 1.807) is 0 Å². The van der Waals surface area contributed by atoms with Gasteiger partial charge < -0.3 is 0 Å². The first-order valence-electron chi connectivity index (χ1n) is 16.5. The van der Waals surface area contributed by atoms with Crippen LogP contribution in [-0.4, -0.2) is 14.5 Å². The summed E-state index contributed by atoms with van der Waals surface area (Å²) in [4.78, 5) is 10.1. The van der Waals surface area contributed by atoms with Crippen LogP contribution in [0.15, 0.2) is 78.9 Å². The number of benzene rings is 4. The van der Waals surface area contributed by atoms with Crippen molar-refractivity contribution in [1.29, 1.82) is 0 Å². The van der Waals surface area contributed by atoms with E-state index in [4.69, 9.17) is 11.8 Å². The molecule has 6 aromatic rings. The van der Waals surface area contributed by atoms with Gasteiger partial charge in [0.15, 0.2) is 5.65 Å². The summed E-state index contributed by atoms with van der Waals surface area (Å²) in [6.45, 7) is 11.8. The van der Waals surface area contributed by atoms with E-state index in [9.17, 15) is 0 Å². The Morgan fingerprint density at radius 1 is 0.805 bits per heavy atom. The lowest BCUT2D eigenvalue weighted by molar-refractivity contribution is 0.596. The summed E-state index contributed by atoms with van der Waals surface area (Å²) < 4.78 is 43.8. The van der Waals surface area contributed by atoms with Crippen LogP contribution in [0.3, 0.4) is 0 Å². The third-order valence-corrected chi connectivity index (χ3v) is 8.55. The van der Waals surface area contributed by atoms with E-state index in [1.807, 2.05) is 80.8 Å². The van der Waals surface area contributed by atoms with Crippen molar-refractivity contribution in [3.8, 4) is 28.2 Å². The molecule has 0 aliphatic heterocycles. The Balaban J connectivity index is 1.60. The van der Waals surface area contributed by atoms with Gasteiger partial charge in [-0.1, -0.05) is 114 Å². The fraction of sp³-hybridized carbons (Fsp3) is 0.297. The average molecular weight is 563 g/mol. The van der Waals surface area contributed by atoms with Gasteiger partial charge in [-0.25, -0.2) is 9.97 Å². The zero-order chi connectivity index (χ0) is 33.4. The number of nitrogens with zero attached hydrogens (tertiary/aromatic N) is 3. The number of aromatic nitrogens is 3. The van der Waals surface area contributed by atoms with E-state index in [0.29, 0.717) is 16.3 Å². The molecule has 0 saturated carbocycles. The minimum atomic E-state index is -2.34. The van der Waals surface area contributed by atoms with Crippen molar-refractivity contribution in [2.24, 2.45) is 0 Å². The maximum Gasteiger partial charge on any atom is 0.190 e. The average Bonchev–Trinajstić information content (AvgIpc) is 3.54. The number of rotatable bonds is 5. The Morgan fingerprint density at radius 2 is 1.49 bits per heavy atom. The SMILES string of the molecule is [2H]C([2H])([2H])c1nc2nc(-c3cc(C(C)(C)C)c4ccccc4c3)n(-c3ccc(-c4c(C([2H])(C)C)cccc4C([2H])(C)C)cc3)c2s1. The van der Waals surface area contributed by atoms with Crippen LogP contribution in [0.1, 0.15) is 88.8 Å². The standard InChI is InChI=1S/C37H39N3S/c1-22(2)29-14-11-15-30(23(3)4)33(29)25-16-18-28(19-17-25)40-35(39-34-36(40)41-24(5)38-34)27-20-26-12-9-10-13-31(26)32(21-27)37(6,7)8/h9-23H,1-8H3/i5D3,22D,23D. The van der Waals surface area contributed by atoms with E-state index in [-0.39, 0.29) is 10.4 Å². The highest BCUT2D eigenvalue weighted by atomic mass is 32.1. The number of imidazole rings is 1. The van der Waals surface area contributed by atoms with Crippen LogP contribution in [0.2, 0.25) is 0 Å². The van der Waals surface area contributed by atoms with Gasteiger partial charge in [0.1, 0.15) is 10.7 Å². The molecule has 0 spiro atoms. The van der Waals surface area contributed by atoms with Crippen molar-refractivity contribution in [2.45, 2.75) is 72.5 Å². The van der Waals surface area contributed by atoms with E-state index in [1.165, 1.54) is 10.9 Å². The van der Waals surface area contributed by atoms with Gasteiger partial charge in [-0.05, 0) is 86.9 Å². The Hall–Kier alpha value is -3.76. The number of fused-ring (bicyclic) bond motifs is 2. The van der Waals surface area contributed by atoms with Gasteiger partial charge in [0.05, 0.1) is 5.01 Å². The molecule has 0 radical (unpaired) electrons. The maximum absolute atomic E-state index is 8.88. The molecule has 4 aromatic carbocycles. The molecule has 0 amide bonds. The van der Waals surface area contributed by atoms with Gasteiger partial charge in [-0.2, -0.15) is 0 Å². The summed E-state index contributed by atoms with van der Waals surface area (Å²) in [6, 6.07) is 26.6. The first-order valence-corrected chi connectivity index (χ1v) is 14.8. The first-order chi connectivity index (χ1) is 21.3. The molecule has 2 aromatic heterocycles. The molecule has 0 fully saturated rings. The third-order valence-electron chi connectivity index (χ3n) is 7.70. The minimum Gasteiger partial charge on any atom is -0.282 e. The molecule has 0 aliphatic rings. The normalized spacial score (nSPS) is 15.0. The lowest BCUT2D eigenvalue weighted by Crippen LogP contribution is -2.12. The smallest absolute Gasteiger partial charge is 0.190 e. The topological polar surface area (TPSA) is 30.7 Å². The summed E-state index contributed by atoms with van der Waals surface area (Å²) in [5, 5.41) is 2.36. The summed E-state index contributed by atoms with van der Waals surface area (Å²) in [7, 11) is 0. The highest BCUT2D eigenvalue weighted by Gasteiger charge is 2.23. The number of aryl methyl sites for hydroxylation is 1. The van der Waals surface area contributed by atoms with Gasteiger partial charge in [-0.3, -0.25) is 4.57 Å². The van der Waals surface area contributed by atoms with Gasteiger partial charge in [0, 0.05) is 18.1 Å². The van der Waals surface area contributed by atoms with E-state index < -0.39 is 18.6 Å². The Bertz CT molecular complexity index is 2050. The molecule has 0 N–H and O–H groups in total. The lowest BCUT2D eigenvalue weighted by Gasteiger charge is -2.23. The van der Waals surface area contributed by atoms with Crippen LogP contribution < -0.4 is 0 Å². The molecule has 4 heteroatoms. The fourth-order valence-corrected chi connectivity index (χ4v) is 6.52. The molecule has 2 heterocycles. The second-order valence-corrected chi connectivity index (χ2v) is 13.2. The van der Waals surface area contributed by atoms with Gasteiger partial charge in [0.2, 0.25) is 0 Å². The zero-order valence-electron chi connectivity index (χ0n) is 29.8. The molecule has 0 saturated heterocycles. The summed E-state index contributed by atoms with van der Waals surface area (Å²) >= 11 is 1.14. The summed E-state index contributed by atoms with van der Waals surface area (Å²) in [6.07, 6.45) is 0. The molecule has 0 aliphatic carbocycles. The molecule has 6 rings (SSSR count). The number of hydrogen-bond donors (Lipinski definition) is 0. The highest BCUT2D eigenvalue weighted by molar-refractivity contribution is 7.18. The van der Waals surface area contributed by atoms with Crippen LogP contribution in [0.4, 0.5) is 0 Å². The second-order valence-electron chi connectivity index (χ2n) is 12.2. The third kappa shape index (κ3) is 4.89. The lowest BCUT2D eigenvalue weighted by atomic mass is 9.82. The second kappa shape index (κ2) is 10.3. The van der Waals surface area contributed by atoms with Crippen molar-refractivity contribution in [3.63, 3.8) is 0 Å². The Kier molecular flexibility index (Phi) is 5.48. The maximum atomic E-state index is 8.88. The molecule has 0 bridgehead atoms. The largest absolute Gasteiger partial charge is 0.282 e. The molecule has 3 nitrogen and oxygen atoms in total. The molecule has 0 atom stereocenters. The summed E-state index contributed by atoms with van der Waals surface area (Å²) in [5.74, 6) is -1.04. The molecular formula is C37H39N3S. The van der Waals surface area contributed by atoms with Crippen molar-refractivity contribution < 1.29 is 6.85 Å². The quantitative estimate of drug-likeness (QED) is 0.209. The minimum absolute atomic E-state index is 0.0599. The number of thiazole rings is 1. The van der Waals surface area contributed by atoms with E-state index >= 15 is 0 Å². The predicted molar refractivity (Wildman–Crippen MR) is 177 cm³/mol. The van der Waals surface area contributed by atoms with Crippen molar-refractivity contribution in [1.82, 2.24) is 14.5 Å². The van der Waals surface area contributed by atoms with Gasteiger partial charge in [0.25, 0.3) is 0 Å². The number of hydrogen-bond acceptors (Lipinski definition) is 3. The predicted octanol–water partition coefficient (Wildman–Crippen LogP) is 10.8. The van der Waals surface area contributed by atoms with E-state index in [0.717, 1.165) is 50.2 Å². The Labute approximate surface area is 255 Å². The summed E-state index contributed by atoms with van der Waals surface area (Å²) in [5.41, 5.74) is 6.76. The van der Waals surface area contributed by atoms with Crippen LogP contribution in [0.5, 0.6) is 0 Å². The van der Waals surface area contributed by atoms with Crippen molar-refractivity contribution in [2.75, 3.05) is 0 Å². The van der Waals surface area contributed by atoms with Crippen LogP contribution in [0.25, 0.3) is 49.5 Å². The fourth-order valence-electron chi connectivity index (χ4n) is 5.74. The Morgan fingerprint density at radius 3 is 2.12 bits per heavy atom. The monoisotopic (exact) mass is 562 g/mol. The van der Waals surface area contributed by atoms with Crippen molar-refractivity contribution in [3.05, 3.63) is 101 Å². The van der Waals surface area contributed by atoms with Crippen LogP contribution in [0, 0.1) is 6.85 Å². The molecular weight excluding hydrogens is 518 g/mol. The first kappa shape index (κ1) is 21.9. The molecule has 0 unspecified atom stereocenters. The molecule has 41 heavy (non-hydrogen) atoms. The molecule has 208 valence electrons. The van der Waals surface area contributed by atoms with Crippen molar-refractivity contribution >= 4 is 32.6 Å². The zero-order valence-corrected chi connectivity index (χ0v) is 25.6. The highest BCUT2D eigenvalue weighted by Crippen LogP contribution is 2.39. The van der Waals surface area contributed by atoms with Gasteiger partial charge in [-0.15, -0.1) is 0 Å². The van der Waals surface area contributed by atoms with E-state index in [2.05, 4.69) is 56.1 Å². The van der Waals surface area contributed by atoms with Gasteiger partial charge >= 0.3 is 0 Å². The van der Waals surface area contributed by atoms with Crippen LogP contribution in [-0.2, 0) is 5.41 Å². The van der Waals surface area contributed by atoms with Crippen LogP contribution >= 0.6 is 11.3 Å².